The summed E-state index contributed by atoms with van der Waals surface area (Å²) in [6.07, 6.45) is 1.11. The van der Waals surface area contributed by atoms with Crippen molar-refractivity contribution in [2.24, 2.45) is 5.92 Å². The second kappa shape index (κ2) is 11.7. The van der Waals surface area contributed by atoms with Gasteiger partial charge in [-0.05, 0) is 30.5 Å². The summed E-state index contributed by atoms with van der Waals surface area (Å²) < 4.78 is 16.1. The van der Waals surface area contributed by atoms with Crippen molar-refractivity contribution in [3.63, 3.8) is 0 Å². The molecule has 0 unspecified atom stereocenters. The largest absolute Gasteiger partial charge is 0.497 e. The van der Waals surface area contributed by atoms with E-state index >= 15 is 0 Å². The van der Waals surface area contributed by atoms with Crippen LogP contribution in [0, 0.1) is 5.92 Å². The van der Waals surface area contributed by atoms with Gasteiger partial charge >= 0.3 is 0 Å². The van der Waals surface area contributed by atoms with E-state index < -0.39 is 0 Å². The first-order valence-electron chi connectivity index (χ1n) is 7.16. The third kappa shape index (κ3) is 8.15. The van der Waals surface area contributed by atoms with Crippen LogP contribution in [0.3, 0.4) is 0 Å². The number of nitrogens with one attached hydrogen (secondary N) is 1. The Labute approximate surface area is 134 Å². The Morgan fingerprint density at radius 2 is 1.86 bits per heavy atom. The Morgan fingerprint density at radius 1 is 1.10 bits per heavy atom. The molecule has 1 N–H and O–H groups in total. The monoisotopic (exact) mass is 317 g/mol. The fourth-order valence-corrected chi connectivity index (χ4v) is 1.81. The Kier molecular flexibility index (Phi) is 11.1. The van der Waals surface area contributed by atoms with E-state index in [0.717, 1.165) is 49.8 Å². The third-order valence-corrected chi connectivity index (χ3v) is 3.07. The third-order valence-electron chi connectivity index (χ3n) is 3.07. The summed E-state index contributed by atoms with van der Waals surface area (Å²) in [5, 5.41) is 3.36. The van der Waals surface area contributed by atoms with E-state index in [1.54, 1.807) is 14.2 Å². The minimum absolute atomic E-state index is 0. The zero-order valence-electron chi connectivity index (χ0n) is 13.5. The van der Waals surface area contributed by atoms with Crippen LogP contribution in [0.25, 0.3) is 0 Å². The normalized spacial score (nSPS) is 10.3. The predicted octanol–water partition coefficient (Wildman–Crippen LogP) is 3.28. The topological polar surface area (TPSA) is 39.7 Å². The van der Waals surface area contributed by atoms with Crippen LogP contribution in [0.2, 0.25) is 0 Å². The molecule has 0 radical (unpaired) electrons. The lowest BCUT2D eigenvalue weighted by Gasteiger charge is -2.12. The summed E-state index contributed by atoms with van der Waals surface area (Å²) in [7, 11) is 3.35. The van der Waals surface area contributed by atoms with Gasteiger partial charge in [0.25, 0.3) is 0 Å². The van der Waals surface area contributed by atoms with E-state index in [1.165, 1.54) is 0 Å². The summed E-state index contributed by atoms with van der Waals surface area (Å²) in [6.45, 7) is 7.56. The number of halogens is 1. The van der Waals surface area contributed by atoms with Crippen LogP contribution in [0.15, 0.2) is 18.2 Å². The highest BCUT2D eigenvalue weighted by Gasteiger charge is 2.04. The smallest absolute Gasteiger partial charge is 0.123 e. The van der Waals surface area contributed by atoms with Gasteiger partial charge in [0.1, 0.15) is 11.5 Å². The molecular formula is C16H28ClNO3. The number of rotatable bonds is 10. The Bertz CT molecular complexity index is 386. The Hall–Kier alpha value is -0.970. The standard InChI is InChI=1S/C16H27NO3.ClH/c1-13(2)7-9-20-10-8-17-12-14-11-15(18-3)5-6-16(14)19-4;/h5-6,11,13,17H,7-10,12H2,1-4H3;1H. The zero-order valence-corrected chi connectivity index (χ0v) is 14.3. The van der Waals surface area contributed by atoms with Gasteiger partial charge in [-0.1, -0.05) is 13.8 Å². The predicted molar refractivity (Wildman–Crippen MR) is 88.8 cm³/mol. The second-order valence-corrected chi connectivity index (χ2v) is 5.15. The van der Waals surface area contributed by atoms with E-state index in [1.807, 2.05) is 18.2 Å². The fraction of sp³-hybridized carbons (Fsp3) is 0.625. The van der Waals surface area contributed by atoms with Crippen molar-refractivity contribution >= 4 is 12.4 Å². The fourth-order valence-electron chi connectivity index (χ4n) is 1.81. The van der Waals surface area contributed by atoms with Gasteiger partial charge in [-0.3, -0.25) is 0 Å². The first-order valence-corrected chi connectivity index (χ1v) is 7.16. The summed E-state index contributed by atoms with van der Waals surface area (Å²) in [5.41, 5.74) is 1.09. The number of hydrogen-bond acceptors (Lipinski definition) is 4. The molecule has 1 aromatic rings. The zero-order chi connectivity index (χ0) is 14.8. The Morgan fingerprint density at radius 3 is 2.48 bits per heavy atom. The molecule has 0 bridgehead atoms. The van der Waals surface area contributed by atoms with Crippen LogP contribution >= 0.6 is 12.4 Å². The van der Waals surface area contributed by atoms with E-state index in [-0.39, 0.29) is 12.4 Å². The molecule has 0 fully saturated rings. The molecule has 0 aromatic heterocycles. The van der Waals surface area contributed by atoms with Crippen LogP contribution in [0.4, 0.5) is 0 Å². The lowest BCUT2D eigenvalue weighted by Crippen LogP contribution is -2.20. The molecule has 0 saturated carbocycles. The molecule has 0 spiro atoms. The van der Waals surface area contributed by atoms with Crippen LogP contribution in [-0.2, 0) is 11.3 Å². The van der Waals surface area contributed by atoms with Crippen molar-refractivity contribution in [1.82, 2.24) is 5.32 Å². The minimum atomic E-state index is 0. The highest BCUT2D eigenvalue weighted by molar-refractivity contribution is 5.85. The molecular weight excluding hydrogens is 290 g/mol. The van der Waals surface area contributed by atoms with Gasteiger partial charge in [-0.2, -0.15) is 0 Å². The molecule has 122 valence electrons. The van der Waals surface area contributed by atoms with E-state index in [9.17, 15) is 0 Å². The summed E-state index contributed by atoms with van der Waals surface area (Å²) in [4.78, 5) is 0. The molecule has 5 heteroatoms. The average Bonchev–Trinajstić information content (AvgIpc) is 2.45. The van der Waals surface area contributed by atoms with E-state index in [0.29, 0.717) is 5.92 Å². The van der Waals surface area contributed by atoms with Gasteiger partial charge in [0, 0.05) is 25.3 Å². The van der Waals surface area contributed by atoms with Crippen molar-refractivity contribution in [3.8, 4) is 11.5 Å². The highest BCUT2D eigenvalue weighted by Crippen LogP contribution is 2.23. The molecule has 0 aliphatic heterocycles. The van der Waals surface area contributed by atoms with Gasteiger partial charge in [0.05, 0.1) is 20.8 Å². The van der Waals surface area contributed by atoms with Crippen molar-refractivity contribution < 1.29 is 14.2 Å². The maximum atomic E-state index is 5.57. The molecule has 0 atom stereocenters. The van der Waals surface area contributed by atoms with Gasteiger partial charge in [-0.25, -0.2) is 0 Å². The van der Waals surface area contributed by atoms with Gasteiger partial charge in [0.2, 0.25) is 0 Å². The Balaban J connectivity index is 0.00000400. The lowest BCUT2D eigenvalue weighted by atomic mass is 10.1. The van der Waals surface area contributed by atoms with Crippen LogP contribution in [0.1, 0.15) is 25.8 Å². The number of ether oxygens (including phenoxy) is 3. The van der Waals surface area contributed by atoms with Gasteiger partial charge < -0.3 is 19.5 Å². The molecule has 1 rings (SSSR count). The van der Waals surface area contributed by atoms with Crippen LogP contribution < -0.4 is 14.8 Å². The summed E-state index contributed by atoms with van der Waals surface area (Å²) in [5.74, 6) is 2.42. The lowest BCUT2D eigenvalue weighted by molar-refractivity contribution is 0.125. The minimum Gasteiger partial charge on any atom is -0.497 e. The van der Waals surface area contributed by atoms with Crippen LogP contribution in [0.5, 0.6) is 11.5 Å². The molecule has 0 aliphatic carbocycles. The van der Waals surface area contributed by atoms with Crippen molar-refractivity contribution in [3.05, 3.63) is 23.8 Å². The molecule has 1 aromatic carbocycles. The number of hydrogen-bond donors (Lipinski definition) is 1. The van der Waals surface area contributed by atoms with Crippen LogP contribution in [-0.4, -0.2) is 34.0 Å². The molecule has 0 saturated heterocycles. The number of methoxy groups -OCH3 is 2. The molecule has 0 amide bonds. The SMILES string of the molecule is COc1ccc(OC)c(CNCCOCCC(C)C)c1.Cl. The van der Waals surface area contributed by atoms with Crippen molar-refractivity contribution in [2.75, 3.05) is 34.0 Å². The van der Waals surface area contributed by atoms with E-state index in [4.69, 9.17) is 14.2 Å². The molecule has 0 heterocycles. The average molecular weight is 318 g/mol. The highest BCUT2D eigenvalue weighted by atomic mass is 35.5. The second-order valence-electron chi connectivity index (χ2n) is 5.15. The van der Waals surface area contributed by atoms with Gasteiger partial charge in [0.15, 0.2) is 0 Å². The van der Waals surface area contributed by atoms with Crippen molar-refractivity contribution in [1.29, 1.82) is 0 Å². The van der Waals surface area contributed by atoms with Crippen molar-refractivity contribution in [2.45, 2.75) is 26.8 Å². The first-order chi connectivity index (χ1) is 9.67. The van der Waals surface area contributed by atoms with E-state index in [2.05, 4.69) is 19.2 Å². The van der Waals surface area contributed by atoms with Gasteiger partial charge in [-0.15, -0.1) is 12.4 Å². The maximum absolute atomic E-state index is 5.57. The quantitative estimate of drug-likeness (QED) is 0.672. The molecule has 0 aliphatic rings. The first kappa shape index (κ1) is 20.0. The number of benzene rings is 1. The summed E-state index contributed by atoms with van der Waals surface area (Å²) >= 11 is 0. The summed E-state index contributed by atoms with van der Waals surface area (Å²) in [6, 6.07) is 5.82. The molecule has 21 heavy (non-hydrogen) atoms. The maximum Gasteiger partial charge on any atom is 0.123 e. The molecule has 4 nitrogen and oxygen atoms in total.